The Balaban J connectivity index is 1.82. The smallest absolute Gasteiger partial charge is 0.231 e. The van der Waals surface area contributed by atoms with Gasteiger partial charge in [0.2, 0.25) is 6.79 Å². The average Bonchev–Trinajstić information content (AvgIpc) is 2.95. The predicted molar refractivity (Wildman–Crippen MR) is 78.3 cm³/mol. The molecule has 0 unspecified atom stereocenters. The maximum absolute atomic E-state index is 11.9. The first-order chi connectivity index (χ1) is 10.3. The molecule has 21 heavy (non-hydrogen) atoms. The Labute approximate surface area is 122 Å². The summed E-state index contributed by atoms with van der Waals surface area (Å²) in [7, 11) is 1.63. The van der Waals surface area contributed by atoms with Crippen LogP contribution in [0.3, 0.4) is 0 Å². The first kappa shape index (κ1) is 13.2. The molecule has 0 N–H and O–H groups in total. The van der Waals surface area contributed by atoms with Gasteiger partial charge >= 0.3 is 0 Å². The van der Waals surface area contributed by atoms with Crippen LogP contribution < -0.4 is 4.74 Å². The Morgan fingerprint density at radius 1 is 1.14 bits per heavy atom. The van der Waals surface area contributed by atoms with Crippen LogP contribution in [0.25, 0.3) is 6.08 Å². The Bertz CT molecular complexity index is 692. The highest BCUT2D eigenvalue weighted by molar-refractivity contribution is 6.08. The number of hydrogen-bond acceptors (Lipinski definition) is 4. The zero-order valence-corrected chi connectivity index (χ0v) is 11.5. The van der Waals surface area contributed by atoms with Crippen molar-refractivity contribution in [1.29, 1.82) is 0 Å². The van der Waals surface area contributed by atoms with E-state index in [0.29, 0.717) is 17.1 Å². The number of methoxy groups -OCH3 is 1. The molecule has 0 spiro atoms. The van der Waals surface area contributed by atoms with E-state index in [4.69, 9.17) is 14.2 Å². The molecule has 1 heterocycles. The van der Waals surface area contributed by atoms with Gasteiger partial charge in [-0.1, -0.05) is 36.4 Å². The molecule has 3 rings (SSSR count). The highest BCUT2D eigenvalue weighted by Crippen LogP contribution is 2.27. The molecule has 1 saturated heterocycles. The molecule has 4 heteroatoms. The van der Waals surface area contributed by atoms with Crippen LogP contribution in [0.5, 0.6) is 5.75 Å². The molecule has 1 fully saturated rings. The van der Waals surface area contributed by atoms with E-state index in [0.717, 1.165) is 11.3 Å². The van der Waals surface area contributed by atoms with Crippen LogP contribution in [0, 0.1) is 0 Å². The minimum Gasteiger partial charge on any atom is -0.496 e. The number of para-hydroxylation sites is 1. The zero-order chi connectivity index (χ0) is 14.7. The summed E-state index contributed by atoms with van der Waals surface area (Å²) in [4.78, 5) is 11.9. The van der Waals surface area contributed by atoms with Gasteiger partial charge in [-0.3, -0.25) is 4.79 Å². The zero-order valence-electron chi connectivity index (χ0n) is 11.5. The van der Waals surface area contributed by atoms with E-state index in [1.165, 1.54) is 6.08 Å². The summed E-state index contributed by atoms with van der Waals surface area (Å²) in [6.45, 7) is 0.162. The van der Waals surface area contributed by atoms with E-state index in [1.54, 1.807) is 19.3 Å². The van der Waals surface area contributed by atoms with Crippen LogP contribution in [0.4, 0.5) is 0 Å². The molecular weight excluding hydrogens is 268 g/mol. The Morgan fingerprint density at radius 3 is 2.71 bits per heavy atom. The lowest BCUT2D eigenvalue weighted by atomic mass is 10.0. The lowest BCUT2D eigenvalue weighted by Gasteiger charge is -2.05. The maximum atomic E-state index is 11.9. The lowest BCUT2D eigenvalue weighted by Crippen LogP contribution is -2.04. The van der Waals surface area contributed by atoms with Crippen LogP contribution in [0.15, 0.2) is 65.7 Å². The van der Waals surface area contributed by atoms with Crippen molar-refractivity contribution in [2.75, 3.05) is 13.9 Å². The number of rotatable bonds is 3. The molecular formula is C17H14O4. The van der Waals surface area contributed by atoms with Gasteiger partial charge in [-0.25, -0.2) is 0 Å². The maximum Gasteiger partial charge on any atom is 0.231 e. The largest absolute Gasteiger partial charge is 0.496 e. The van der Waals surface area contributed by atoms with E-state index < -0.39 is 0 Å². The first-order valence-electron chi connectivity index (χ1n) is 6.53. The highest BCUT2D eigenvalue weighted by atomic mass is 16.7. The molecule has 0 aromatic heterocycles. The second-order valence-electron chi connectivity index (χ2n) is 4.51. The molecule has 106 valence electrons. The fraction of sp³-hybridized carbons (Fsp3) is 0.118. The molecule has 1 aromatic rings. The van der Waals surface area contributed by atoms with Gasteiger partial charge in [0.25, 0.3) is 0 Å². The summed E-state index contributed by atoms with van der Waals surface area (Å²) in [5, 5.41) is 0. The quantitative estimate of drug-likeness (QED) is 0.799. The monoisotopic (exact) mass is 282 g/mol. The standard InChI is InChI=1S/C17H14O4/c1-19-15-8-3-2-5-12(15)6-4-7-13-9-16-17(10-14(13)18)21-11-20-16/h2-10H,11H2,1H3/b6-4+,13-7+. The number of allylic oxidation sites excluding steroid dienone is 5. The number of ether oxygens (including phenoxy) is 3. The molecule has 0 radical (unpaired) electrons. The summed E-state index contributed by atoms with van der Waals surface area (Å²) in [6.07, 6.45) is 8.60. The van der Waals surface area contributed by atoms with Gasteiger partial charge in [0, 0.05) is 17.2 Å². The molecule has 0 amide bonds. The van der Waals surface area contributed by atoms with Crippen molar-refractivity contribution in [1.82, 2.24) is 0 Å². The fourth-order valence-corrected chi connectivity index (χ4v) is 2.13. The summed E-state index contributed by atoms with van der Waals surface area (Å²) in [6, 6.07) is 7.68. The summed E-state index contributed by atoms with van der Waals surface area (Å²) >= 11 is 0. The molecule has 0 saturated carbocycles. The van der Waals surface area contributed by atoms with Crippen LogP contribution in [-0.4, -0.2) is 19.7 Å². The third-order valence-corrected chi connectivity index (χ3v) is 3.20. The Hall–Kier alpha value is -2.75. The lowest BCUT2D eigenvalue weighted by molar-refractivity contribution is -0.111. The topological polar surface area (TPSA) is 44.8 Å². The normalized spacial score (nSPS) is 18.9. The van der Waals surface area contributed by atoms with Gasteiger partial charge in [-0.05, 0) is 12.1 Å². The Kier molecular flexibility index (Phi) is 3.60. The van der Waals surface area contributed by atoms with E-state index in [1.807, 2.05) is 36.4 Å². The van der Waals surface area contributed by atoms with E-state index >= 15 is 0 Å². The third kappa shape index (κ3) is 2.74. The van der Waals surface area contributed by atoms with Crippen molar-refractivity contribution in [2.24, 2.45) is 0 Å². The van der Waals surface area contributed by atoms with Gasteiger partial charge in [0.15, 0.2) is 17.3 Å². The van der Waals surface area contributed by atoms with Crippen LogP contribution in [0.1, 0.15) is 5.56 Å². The summed E-state index contributed by atoms with van der Waals surface area (Å²) in [5.74, 6) is 1.80. The SMILES string of the molecule is COc1ccccc1/C=C/C=C1\C=C2OCOC2=CC1=O. The average molecular weight is 282 g/mol. The molecule has 1 aliphatic heterocycles. The minimum absolute atomic E-state index is 0.0936. The summed E-state index contributed by atoms with van der Waals surface area (Å²) in [5.41, 5.74) is 1.51. The first-order valence-corrected chi connectivity index (χ1v) is 6.53. The molecule has 0 bridgehead atoms. The number of benzene rings is 1. The number of carbonyl (C=O) groups is 1. The second-order valence-corrected chi connectivity index (χ2v) is 4.51. The van der Waals surface area contributed by atoms with Gasteiger partial charge < -0.3 is 14.2 Å². The van der Waals surface area contributed by atoms with Gasteiger partial charge in [-0.2, -0.15) is 0 Å². The van der Waals surface area contributed by atoms with Crippen molar-refractivity contribution in [3.8, 4) is 5.75 Å². The van der Waals surface area contributed by atoms with E-state index in [-0.39, 0.29) is 12.6 Å². The number of hydrogen-bond donors (Lipinski definition) is 0. The van der Waals surface area contributed by atoms with Crippen molar-refractivity contribution in [3.05, 3.63) is 71.2 Å². The number of carbonyl (C=O) groups excluding carboxylic acids is 1. The van der Waals surface area contributed by atoms with Crippen LogP contribution >= 0.6 is 0 Å². The molecule has 4 nitrogen and oxygen atoms in total. The van der Waals surface area contributed by atoms with Crippen molar-refractivity contribution >= 4 is 11.9 Å². The second kappa shape index (κ2) is 5.71. The molecule has 0 atom stereocenters. The fourth-order valence-electron chi connectivity index (χ4n) is 2.13. The Morgan fingerprint density at radius 2 is 1.90 bits per heavy atom. The van der Waals surface area contributed by atoms with Gasteiger partial charge in [0.1, 0.15) is 5.75 Å². The van der Waals surface area contributed by atoms with Crippen molar-refractivity contribution < 1.29 is 19.0 Å². The summed E-state index contributed by atoms with van der Waals surface area (Å²) < 4.78 is 15.7. The van der Waals surface area contributed by atoms with Gasteiger partial charge in [0.05, 0.1) is 7.11 Å². The predicted octanol–water partition coefficient (Wildman–Crippen LogP) is 2.99. The molecule has 1 aromatic carbocycles. The van der Waals surface area contributed by atoms with Crippen molar-refractivity contribution in [2.45, 2.75) is 0 Å². The van der Waals surface area contributed by atoms with Crippen LogP contribution in [0.2, 0.25) is 0 Å². The molecule has 1 aliphatic carbocycles. The highest BCUT2D eigenvalue weighted by Gasteiger charge is 2.24. The van der Waals surface area contributed by atoms with E-state index in [2.05, 4.69) is 0 Å². The van der Waals surface area contributed by atoms with Crippen molar-refractivity contribution in [3.63, 3.8) is 0 Å². The number of ketones is 1. The minimum atomic E-state index is -0.0936. The van der Waals surface area contributed by atoms with Crippen LogP contribution in [-0.2, 0) is 14.3 Å². The van der Waals surface area contributed by atoms with E-state index in [9.17, 15) is 4.79 Å². The van der Waals surface area contributed by atoms with Gasteiger partial charge in [-0.15, -0.1) is 0 Å². The number of fused-ring (bicyclic) bond motifs is 1. The molecule has 2 aliphatic rings. The third-order valence-electron chi connectivity index (χ3n) is 3.20.